The van der Waals surface area contributed by atoms with E-state index < -0.39 is 11.6 Å². The first kappa shape index (κ1) is 22.5. The lowest BCUT2D eigenvalue weighted by molar-refractivity contribution is -0.133. The average Bonchev–Trinajstić information content (AvgIpc) is 3.24. The van der Waals surface area contributed by atoms with Crippen LogP contribution in [0.3, 0.4) is 0 Å². The van der Waals surface area contributed by atoms with E-state index >= 15 is 0 Å². The van der Waals surface area contributed by atoms with Crippen molar-refractivity contribution in [2.45, 2.75) is 31.3 Å². The number of benzene rings is 2. The largest absolute Gasteiger partial charge is 0.508 e. The minimum absolute atomic E-state index is 0.103. The summed E-state index contributed by atoms with van der Waals surface area (Å²) in [5.41, 5.74) is 2.38. The second kappa shape index (κ2) is 8.49. The molecule has 3 amide bonds. The topological polar surface area (TPSA) is 88.7 Å². The second-order valence-electron chi connectivity index (χ2n) is 9.09. The Morgan fingerprint density at radius 2 is 2.09 bits per heavy atom. The first-order valence-electron chi connectivity index (χ1n) is 11.4. The lowest BCUT2D eigenvalue weighted by Gasteiger charge is -2.42. The standard InChI is InChI=1S/C26H27ClN4O3/c1-3-4-10-28-11-12-30-24(33)26(2)15-20-19-14-17(27)8-9-21(19)29-22(20)23(31(26)25(30)34)16-6-5-7-18(32)13-16/h3,5-9,13-14,23,28-29,32H,1,4,10-12,15H2,2H3/t23-,26+/m1/s1. The third-order valence-corrected chi connectivity index (χ3v) is 7.09. The molecule has 0 spiro atoms. The molecule has 34 heavy (non-hydrogen) atoms. The monoisotopic (exact) mass is 478 g/mol. The highest BCUT2D eigenvalue weighted by atomic mass is 35.5. The van der Waals surface area contributed by atoms with E-state index in [-0.39, 0.29) is 24.2 Å². The molecule has 0 aliphatic carbocycles. The number of carbonyl (C=O) groups is 2. The zero-order valence-electron chi connectivity index (χ0n) is 19.0. The molecule has 1 saturated heterocycles. The number of urea groups is 1. The predicted octanol–water partition coefficient (Wildman–Crippen LogP) is 4.36. The minimum Gasteiger partial charge on any atom is -0.508 e. The van der Waals surface area contributed by atoms with E-state index in [2.05, 4.69) is 16.9 Å². The van der Waals surface area contributed by atoms with Crippen molar-refractivity contribution in [3.63, 3.8) is 0 Å². The van der Waals surface area contributed by atoms with Gasteiger partial charge in [-0.25, -0.2) is 4.79 Å². The number of aromatic nitrogens is 1. The Bertz CT molecular complexity index is 1300. The van der Waals surface area contributed by atoms with E-state index in [4.69, 9.17) is 11.6 Å². The summed E-state index contributed by atoms with van der Waals surface area (Å²) in [6.45, 7) is 7.08. The number of fused-ring (bicyclic) bond motifs is 4. The molecule has 7 nitrogen and oxygen atoms in total. The van der Waals surface area contributed by atoms with Gasteiger partial charge in [0, 0.05) is 41.1 Å². The van der Waals surface area contributed by atoms with E-state index in [1.165, 1.54) is 4.90 Å². The van der Waals surface area contributed by atoms with E-state index in [0.29, 0.717) is 18.0 Å². The highest BCUT2D eigenvalue weighted by molar-refractivity contribution is 6.31. The van der Waals surface area contributed by atoms with Crippen molar-refractivity contribution in [3.8, 4) is 5.75 Å². The molecule has 0 bridgehead atoms. The van der Waals surface area contributed by atoms with Crippen molar-refractivity contribution in [3.05, 3.63) is 77.0 Å². The fourth-order valence-electron chi connectivity index (χ4n) is 5.24. The van der Waals surface area contributed by atoms with Crippen LogP contribution in [-0.4, -0.2) is 57.0 Å². The molecule has 2 aliphatic heterocycles. The molecule has 8 heteroatoms. The maximum absolute atomic E-state index is 13.7. The molecule has 3 aromatic rings. The van der Waals surface area contributed by atoms with Crippen LogP contribution in [0.5, 0.6) is 5.75 Å². The zero-order chi connectivity index (χ0) is 24.0. The summed E-state index contributed by atoms with van der Waals surface area (Å²) in [4.78, 5) is 33.9. The van der Waals surface area contributed by atoms with Crippen LogP contribution in [0.25, 0.3) is 10.9 Å². The minimum atomic E-state index is -1.06. The number of aromatic amines is 1. The molecule has 176 valence electrons. The fraction of sp³-hybridized carbons (Fsp3) is 0.308. The number of rotatable bonds is 7. The van der Waals surface area contributed by atoms with Gasteiger partial charge >= 0.3 is 6.03 Å². The number of hydrogen-bond donors (Lipinski definition) is 3. The summed E-state index contributed by atoms with van der Waals surface area (Å²) in [5.74, 6) is -0.109. The summed E-state index contributed by atoms with van der Waals surface area (Å²) in [5, 5.41) is 15.0. The molecule has 1 aromatic heterocycles. The van der Waals surface area contributed by atoms with Crippen molar-refractivity contribution >= 4 is 34.4 Å². The number of H-pyrrole nitrogens is 1. The second-order valence-corrected chi connectivity index (χ2v) is 9.53. The maximum atomic E-state index is 13.7. The van der Waals surface area contributed by atoms with Crippen molar-refractivity contribution in [2.75, 3.05) is 19.6 Å². The van der Waals surface area contributed by atoms with Gasteiger partial charge < -0.3 is 15.4 Å². The SMILES string of the molecule is C=CCCNCCN1C(=O)N2[C@H](c3cccc(O)c3)c3[nH]c4ccc(Cl)cc4c3C[C@@]2(C)C1=O. The number of amides is 3. The maximum Gasteiger partial charge on any atom is 0.328 e. The third kappa shape index (κ3) is 3.47. The third-order valence-electron chi connectivity index (χ3n) is 6.85. The molecular weight excluding hydrogens is 452 g/mol. The van der Waals surface area contributed by atoms with E-state index in [0.717, 1.165) is 40.7 Å². The lowest BCUT2D eigenvalue weighted by atomic mass is 9.81. The van der Waals surface area contributed by atoms with Gasteiger partial charge in [-0.05, 0) is 61.3 Å². The average molecular weight is 479 g/mol. The highest BCUT2D eigenvalue weighted by Gasteiger charge is 2.60. The van der Waals surface area contributed by atoms with Crippen LogP contribution in [-0.2, 0) is 11.2 Å². The van der Waals surface area contributed by atoms with Gasteiger partial charge in [0.2, 0.25) is 0 Å². The van der Waals surface area contributed by atoms with E-state index in [1.807, 2.05) is 37.3 Å². The number of nitrogens with zero attached hydrogens (tertiary/aromatic N) is 2. The molecular formula is C26H27ClN4O3. The number of nitrogens with one attached hydrogen (secondary N) is 2. The van der Waals surface area contributed by atoms with Gasteiger partial charge in [0.25, 0.3) is 5.91 Å². The molecule has 2 aliphatic rings. The molecule has 0 saturated carbocycles. The first-order valence-corrected chi connectivity index (χ1v) is 11.8. The molecule has 5 rings (SSSR count). The van der Waals surface area contributed by atoms with Crippen LogP contribution in [0.4, 0.5) is 4.79 Å². The summed E-state index contributed by atoms with van der Waals surface area (Å²) in [6, 6.07) is 11.6. The van der Waals surface area contributed by atoms with Crippen LogP contribution in [0.15, 0.2) is 55.1 Å². The number of carbonyl (C=O) groups excluding carboxylic acids is 2. The predicted molar refractivity (Wildman–Crippen MR) is 132 cm³/mol. The Morgan fingerprint density at radius 1 is 1.26 bits per heavy atom. The van der Waals surface area contributed by atoms with Gasteiger partial charge in [0.15, 0.2) is 0 Å². The normalized spacial score (nSPS) is 21.8. The summed E-state index contributed by atoms with van der Waals surface area (Å²) >= 11 is 6.31. The summed E-state index contributed by atoms with van der Waals surface area (Å²) in [6.07, 6.45) is 3.02. The zero-order valence-corrected chi connectivity index (χ0v) is 19.7. The van der Waals surface area contributed by atoms with E-state index in [1.54, 1.807) is 23.1 Å². The number of aromatic hydroxyl groups is 1. The van der Waals surface area contributed by atoms with Crippen molar-refractivity contribution in [2.24, 2.45) is 0 Å². The summed E-state index contributed by atoms with van der Waals surface area (Å²) in [7, 11) is 0. The van der Waals surface area contributed by atoms with Crippen LogP contribution in [0.2, 0.25) is 5.02 Å². The number of halogens is 1. The van der Waals surface area contributed by atoms with Gasteiger partial charge in [-0.15, -0.1) is 6.58 Å². The van der Waals surface area contributed by atoms with Gasteiger partial charge in [-0.1, -0.05) is 29.8 Å². The van der Waals surface area contributed by atoms with E-state index in [9.17, 15) is 14.7 Å². The molecule has 1 fully saturated rings. The van der Waals surface area contributed by atoms with Gasteiger partial charge in [0.05, 0.1) is 0 Å². The Hall–Kier alpha value is -3.29. The smallest absolute Gasteiger partial charge is 0.328 e. The van der Waals surface area contributed by atoms with Gasteiger partial charge in [-0.3, -0.25) is 14.6 Å². The molecule has 3 heterocycles. The van der Waals surface area contributed by atoms with Crippen LogP contribution in [0.1, 0.15) is 36.2 Å². The molecule has 3 N–H and O–H groups in total. The van der Waals surface area contributed by atoms with Crippen molar-refractivity contribution in [1.82, 2.24) is 20.1 Å². The van der Waals surface area contributed by atoms with Crippen LogP contribution < -0.4 is 5.32 Å². The van der Waals surface area contributed by atoms with Gasteiger partial charge in [0.1, 0.15) is 17.3 Å². The fourth-order valence-corrected chi connectivity index (χ4v) is 5.42. The Kier molecular flexibility index (Phi) is 5.62. The van der Waals surface area contributed by atoms with Crippen molar-refractivity contribution < 1.29 is 14.7 Å². The molecule has 2 atom stereocenters. The number of imide groups is 1. The summed E-state index contributed by atoms with van der Waals surface area (Å²) < 4.78 is 0. The van der Waals surface area contributed by atoms with Crippen LogP contribution in [0, 0.1) is 0 Å². The number of phenols is 1. The Morgan fingerprint density at radius 3 is 2.85 bits per heavy atom. The first-order chi connectivity index (χ1) is 16.3. The number of hydrogen-bond acceptors (Lipinski definition) is 4. The van der Waals surface area contributed by atoms with Crippen molar-refractivity contribution in [1.29, 1.82) is 0 Å². The molecule has 0 unspecified atom stereocenters. The molecule has 0 radical (unpaired) electrons. The molecule has 2 aromatic carbocycles. The lowest BCUT2D eigenvalue weighted by Crippen LogP contribution is -2.53. The number of phenolic OH excluding ortho intramolecular Hbond substituents is 1. The Balaban J connectivity index is 1.60. The van der Waals surface area contributed by atoms with Crippen LogP contribution >= 0.6 is 11.6 Å². The van der Waals surface area contributed by atoms with Gasteiger partial charge in [-0.2, -0.15) is 0 Å². The quantitative estimate of drug-likeness (QED) is 0.267. The Labute approximate surface area is 203 Å². The highest BCUT2D eigenvalue weighted by Crippen LogP contribution is 2.49.